The molecule has 2 aliphatic heterocycles. The maximum absolute atomic E-state index is 13.4. The Hall–Kier alpha value is -3.80. The van der Waals surface area contributed by atoms with Crippen LogP contribution in [-0.2, 0) is 23.1 Å². The van der Waals surface area contributed by atoms with Crippen LogP contribution in [0.4, 0.5) is 5.95 Å². The Morgan fingerprint density at radius 2 is 2.00 bits per heavy atom. The van der Waals surface area contributed by atoms with Gasteiger partial charge in [0, 0.05) is 55.7 Å². The lowest BCUT2D eigenvalue weighted by Gasteiger charge is -2.26. The van der Waals surface area contributed by atoms with E-state index in [9.17, 15) is 19.5 Å². The van der Waals surface area contributed by atoms with E-state index in [4.69, 9.17) is 16.3 Å². The Labute approximate surface area is 236 Å². The molecule has 2 amide bonds. The Morgan fingerprint density at radius 1 is 1.23 bits per heavy atom. The largest absolute Gasteiger partial charge is 0.394 e. The van der Waals surface area contributed by atoms with Gasteiger partial charge in [0.1, 0.15) is 6.04 Å². The minimum atomic E-state index is -0.823. The van der Waals surface area contributed by atoms with E-state index in [1.807, 2.05) is 12.1 Å². The number of nitrogens with zero attached hydrogens (tertiary/aromatic N) is 4. The summed E-state index contributed by atoms with van der Waals surface area (Å²) in [4.78, 5) is 49.0. The van der Waals surface area contributed by atoms with Crippen molar-refractivity contribution in [1.29, 1.82) is 0 Å². The monoisotopic (exact) mass is 566 g/mol. The quantitative estimate of drug-likeness (QED) is 0.377. The van der Waals surface area contributed by atoms with E-state index in [1.165, 1.54) is 15.5 Å². The van der Waals surface area contributed by atoms with Crippen molar-refractivity contribution in [2.45, 2.75) is 44.4 Å². The van der Waals surface area contributed by atoms with Crippen molar-refractivity contribution in [2.24, 2.45) is 7.05 Å². The maximum atomic E-state index is 13.4. The third-order valence-corrected chi connectivity index (χ3v) is 7.72. The first-order valence-electron chi connectivity index (χ1n) is 13.1. The second-order valence-corrected chi connectivity index (χ2v) is 10.4. The highest BCUT2D eigenvalue weighted by atomic mass is 35.5. The molecule has 1 fully saturated rings. The molecule has 3 N–H and O–H groups in total. The van der Waals surface area contributed by atoms with Crippen LogP contribution in [0.3, 0.4) is 0 Å². The van der Waals surface area contributed by atoms with Gasteiger partial charge in [0.2, 0.25) is 11.9 Å². The predicted octanol–water partition coefficient (Wildman–Crippen LogP) is 2.28. The summed E-state index contributed by atoms with van der Waals surface area (Å²) in [5.74, 6) is -0.281. The van der Waals surface area contributed by atoms with Crippen molar-refractivity contribution < 1.29 is 19.4 Å². The van der Waals surface area contributed by atoms with Gasteiger partial charge >= 0.3 is 0 Å². The predicted molar refractivity (Wildman–Crippen MR) is 149 cm³/mol. The van der Waals surface area contributed by atoms with Crippen LogP contribution >= 0.6 is 11.6 Å². The van der Waals surface area contributed by atoms with Crippen LogP contribution in [-0.4, -0.2) is 68.3 Å². The number of pyridine rings is 1. The van der Waals surface area contributed by atoms with Crippen LogP contribution in [0.2, 0.25) is 5.02 Å². The fraction of sp³-hybridized carbons (Fsp3) is 0.393. The van der Waals surface area contributed by atoms with Gasteiger partial charge in [0.05, 0.1) is 29.6 Å². The summed E-state index contributed by atoms with van der Waals surface area (Å²) >= 11 is 6.45. The average Bonchev–Trinajstić information content (AvgIpc) is 3.30. The first kappa shape index (κ1) is 27.8. The molecule has 0 spiro atoms. The molecular weight excluding hydrogens is 536 g/mol. The van der Waals surface area contributed by atoms with Gasteiger partial charge in [-0.05, 0) is 37.5 Å². The van der Waals surface area contributed by atoms with Crippen molar-refractivity contribution in [1.82, 2.24) is 24.8 Å². The molecule has 12 heteroatoms. The second kappa shape index (κ2) is 11.7. The molecule has 0 aliphatic carbocycles. The molecule has 2 aliphatic rings. The zero-order valence-corrected chi connectivity index (χ0v) is 23.0. The lowest BCUT2D eigenvalue weighted by molar-refractivity contribution is -0.126. The van der Waals surface area contributed by atoms with Crippen molar-refractivity contribution in [3.8, 4) is 11.3 Å². The number of fused-ring (bicyclic) bond motifs is 1. The fourth-order valence-electron chi connectivity index (χ4n) is 5.02. The number of halogens is 1. The van der Waals surface area contributed by atoms with E-state index in [0.29, 0.717) is 46.7 Å². The van der Waals surface area contributed by atoms with E-state index in [2.05, 4.69) is 20.6 Å². The Kier molecular flexibility index (Phi) is 8.15. The second-order valence-electron chi connectivity index (χ2n) is 9.99. The number of nitrogens with one attached hydrogen (secondary N) is 2. The minimum absolute atomic E-state index is 0.211. The molecule has 1 aromatic carbocycles. The zero-order chi connectivity index (χ0) is 28.4. The summed E-state index contributed by atoms with van der Waals surface area (Å²) < 4.78 is 6.78. The third kappa shape index (κ3) is 5.58. The summed E-state index contributed by atoms with van der Waals surface area (Å²) in [6.45, 7) is 2.85. The average molecular weight is 567 g/mol. The number of ether oxygens (including phenoxy) is 1. The molecule has 40 heavy (non-hydrogen) atoms. The molecule has 2 aromatic heterocycles. The number of carbonyl (C=O) groups is 2. The summed E-state index contributed by atoms with van der Waals surface area (Å²) in [6.07, 6.45) is 3.26. The van der Waals surface area contributed by atoms with E-state index in [0.717, 1.165) is 18.4 Å². The number of hydrogen-bond donors (Lipinski definition) is 3. The van der Waals surface area contributed by atoms with E-state index in [-0.39, 0.29) is 24.1 Å². The topological polar surface area (TPSA) is 139 Å². The first-order chi connectivity index (χ1) is 19.3. The molecule has 1 saturated heterocycles. The third-order valence-electron chi connectivity index (χ3n) is 7.44. The van der Waals surface area contributed by atoms with E-state index < -0.39 is 24.6 Å². The Bertz CT molecular complexity index is 1490. The molecule has 0 unspecified atom stereocenters. The molecule has 0 bridgehead atoms. The number of anilines is 1. The van der Waals surface area contributed by atoms with Crippen LogP contribution < -0.4 is 16.2 Å². The molecule has 5 rings (SSSR count). The van der Waals surface area contributed by atoms with Gasteiger partial charge in [-0.2, -0.15) is 0 Å². The highest BCUT2D eigenvalue weighted by Gasteiger charge is 2.35. The van der Waals surface area contributed by atoms with Gasteiger partial charge < -0.3 is 29.9 Å². The van der Waals surface area contributed by atoms with Crippen LogP contribution in [0.15, 0.2) is 47.4 Å². The standard InChI is InChI=1S/C28H31ClN6O5/c1-16(26(38)32-22(15-36)23-4-3-5-24(37)34(23)2)35-14-18-7-6-17(12-20(18)27(35)39)25-21(29)13-30-28(33-25)31-19-8-10-40-11-9-19/h3-7,12-13,16,19,22,36H,8-11,14-15H2,1-2H3,(H,32,38)(H,30,31,33)/t16-,22-/m1/s1. The van der Waals surface area contributed by atoms with Crippen molar-refractivity contribution in [2.75, 3.05) is 25.1 Å². The van der Waals surface area contributed by atoms with Crippen LogP contribution in [0.5, 0.6) is 0 Å². The Balaban J connectivity index is 1.32. The fourth-order valence-corrected chi connectivity index (χ4v) is 5.22. The van der Waals surface area contributed by atoms with Gasteiger partial charge in [-0.3, -0.25) is 14.4 Å². The molecule has 210 valence electrons. The first-order valence-corrected chi connectivity index (χ1v) is 13.5. The van der Waals surface area contributed by atoms with E-state index >= 15 is 0 Å². The Morgan fingerprint density at radius 3 is 2.75 bits per heavy atom. The number of benzene rings is 1. The summed E-state index contributed by atoms with van der Waals surface area (Å²) in [6, 6.07) is 8.65. The van der Waals surface area contributed by atoms with Gasteiger partial charge in [0.15, 0.2) is 0 Å². The number of rotatable bonds is 8. The van der Waals surface area contributed by atoms with Gasteiger partial charge in [-0.25, -0.2) is 9.97 Å². The lowest BCUT2D eigenvalue weighted by atomic mass is 10.0. The van der Waals surface area contributed by atoms with Crippen LogP contribution in [0.1, 0.15) is 47.4 Å². The smallest absolute Gasteiger partial charge is 0.255 e. The molecule has 0 saturated carbocycles. The molecule has 0 radical (unpaired) electrons. The maximum Gasteiger partial charge on any atom is 0.255 e. The SMILES string of the molecule is C[C@H](C(=O)N[C@H](CO)c1cccc(=O)n1C)N1Cc2ccc(-c3nc(NC4CCOCC4)ncc3Cl)cc2C1=O. The summed E-state index contributed by atoms with van der Waals surface area (Å²) in [5, 5.41) is 16.4. The number of aliphatic hydroxyl groups excluding tert-OH is 1. The van der Waals surface area contributed by atoms with Crippen molar-refractivity contribution in [3.63, 3.8) is 0 Å². The molecule has 4 heterocycles. The number of amides is 2. The number of hydrogen-bond acceptors (Lipinski definition) is 8. The minimum Gasteiger partial charge on any atom is -0.394 e. The zero-order valence-electron chi connectivity index (χ0n) is 22.3. The highest BCUT2D eigenvalue weighted by molar-refractivity contribution is 6.33. The number of aliphatic hydroxyl groups is 1. The lowest BCUT2D eigenvalue weighted by Crippen LogP contribution is -2.47. The summed E-state index contributed by atoms with van der Waals surface area (Å²) in [7, 11) is 1.57. The van der Waals surface area contributed by atoms with Gasteiger partial charge in [0.25, 0.3) is 11.5 Å². The summed E-state index contributed by atoms with van der Waals surface area (Å²) in [5.41, 5.74) is 2.63. The van der Waals surface area contributed by atoms with Gasteiger partial charge in [-0.1, -0.05) is 29.8 Å². The van der Waals surface area contributed by atoms with E-state index in [1.54, 1.807) is 38.4 Å². The molecular formula is C28H31ClN6O5. The highest BCUT2D eigenvalue weighted by Crippen LogP contribution is 2.32. The van der Waals surface area contributed by atoms with Crippen molar-refractivity contribution >= 4 is 29.4 Å². The van der Waals surface area contributed by atoms with Crippen LogP contribution in [0, 0.1) is 0 Å². The number of aromatic nitrogens is 3. The van der Waals surface area contributed by atoms with Gasteiger partial charge in [-0.15, -0.1) is 0 Å². The van der Waals surface area contributed by atoms with Crippen LogP contribution in [0.25, 0.3) is 11.3 Å². The molecule has 11 nitrogen and oxygen atoms in total. The van der Waals surface area contributed by atoms with Crippen molar-refractivity contribution in [3.05, 3.63) is 74.8 Å². The number of carbonyl (C=O) groups excluding carboxylic acids is 2. The normalized spacial score (nSPS) is 16.9. The molecule has 3 aromatic rings. The molecule has 2 atom stereocenters.